The fraction of sp³-hybridized carbons (Fsp3) is 0.500. The molecule has 1 fully saturated rings. The van der Waals surface area contributed by atoms with E-state index in [1.165, 1.54) is 18.4 Å². The van der Waals surface area contributed by atoms with Gasteiger partial charge in [-0.2, -0.15) is 0 Å². The van der Waals surface area contributed by atoms with E-state index in [4.69, 9.17) is 0 Å². The van der Waals surface area contributed by atoms with Crippen molar-refractivity contribution in [2.45, 2.75) is 19.3 Å². The van der Waals surface area contributed by atoms with Crippen LogP contribution in [0.1, 0.15) is 18.4 Å². The van der Waals surface area contributed by atoms with Crippen molar-refractivity contribution in [3.05, 3.63) is 29.8 Å². The number of nitrogens with zero attached hydrogens (tertiary/aromatic N) is 2. The van der Waals surface area contributed by atoms with Crippen LogP contribution in [-0.2, 0) is 11.2 Å². The molecule has 0 aromatic heterocycles. The zero-order valence-corrected chi connectivity index (χ0v) is 12.4. The van der Waals surface area contributed by atoms with Crippen LogP contribution in [0.25, 0.3) is 0 Å². The van der Waals surface area contributed by atoms with Crippen LogP contribution in [0.15, 0.2) is 29.3 Å². The first-order chi connectivity index (χ1) is 10.3. The van der Waals surface area contributed by atoms with E-state index in [0.29, 0.717) is 5.96 Å². The minimum Gasteiger partial charge on any atom is -0.356 e. The van der Waals surface area contributed by atoms with Crippen LogP contribution in [0.2, 0.25) is 0 Å². The lowest BCUT2D eigenvalue weighted by atomic mass is 10.2. The summed E-state index contributed by atoms with van der Waals surface area (Å²) >= 11 is 0. The van der Waals surface area contributed by atoms with Gasteiger partial charge in [-0.15, -0.1) is 0 Å². The first kappa shape index (κ1) is 13.9. The number of hydrogen-bond donors (Lipinski definition) is 2. The Hall–Kier alpha value is -2.04. The van der Waals surface area contributed by atoms with Gasteiger partial charge in [0.2, 0.25) is 5.91 Å². The van der Waals surface area contributed by atoms with Crippen molar-refractivity contribution in [1.29, 1.82) is 0 Å². The molecule has 1 aliphatic carbocycles. The van der Waals surface area contributed by atoms with Gasteiger partial charge in [0.25, 0.3) is 0 Å². The summed E-state index contributed by atoms with van der Waals surface area (Å²) in [6, 6.07) is 8.11. The van der Waals surface area contributed by atoms with Crippen LogP contribution in [-0.4, -0.2) is 38.5 Å². The molecule has 5 nitrogen and oxygen atoms in total. The lowest BCUT2D eigenvalue weighted by molar-refractivity contribution is -0.117. The van der Waals surface area contributed by atoms with E-state index >= 15 is 0 Å². The largest absolute Gasteiger partial charge is 0.356 e. The third kappa shape index (κ3) is 3.35. The Labute approximate surface area is 125 Å². The maximum atomic E-state index is 12.4. The molecule has 21 heavy (non-hydrogen) atoms. The molecular formula is C16H22N4O. The molecule has 0 bridgehead atoms. The van der Waals surface area contributed by atoms with E-state index in [1.807, 2.05) is 23.1 Å². The minimum atomic E-state index is 0.0920. The molecule has 0 saturated heterocycles. The number of carbonyl (C=O) groups is 1. The van der Waals surface area contributed by atoms with E-state index in [-0.39, 0.29) is 12.5 Å². The normalized spacial score (nSPS) is 17.6. The maximum Gasteiger partial charge on any atom is 0.246 e. The standard InChI is InChI=1S/C16H22N4O/c1-17-16(18-10-12-6-7-12)19-11-15(21)20-9-8-13-4-2-3-5-14(13)20/h2-5,12H,6-11H2,1H3,(H2,17,18,19). The molecule has 2 N–H and O–H groups in total. The van der Waals surface area contributed by atoms with Crippen LogP contribution in [0.4, 0.5) is 5.69 Å². The van der Waals surface area contributed by atoms with Crippen molar-refractivity contribution in [2.24, 2.45) is 10.9 Å². The molecule has 0 radical (unpaired) electrons. The van der Waals surface area contributed by atoms with Gasteiger partial charge in [-0.1, -0.05) is 18.2 Å². The van der Waals surface area contributed by atoms with Crippen LogP contribution < -0.4 is 15.5 Å². The Morgan fingerprint density at radius 3 is 2.90 bits per heavy atom. The SMILES string of the molecule is CN=C(NCC(=O)N1CCc2ccccc21)NCC1CC1. The highest BCUT2D eigenvalue weighted by atomic mass is 16.2. The summed E-state index contributed by atoms with van der Waals surface area (Å²) in [5.74, 6) is 1.58. The highest BCUT2D eigenvalue weighted by Crippen LogP contribution is 2.28. The fourth-order valence-electron chi connectivity index (χ4n) is 2.64. The monoisotopic (exact) mass is 286 g/mol. The number of para-hydroxylation sites is 1. The summed E-state index contributed by atoms with van der Waals surface area (Å²) in [6.45, 7) is 1.99. The van der Waals surface area contributed by atoms with Crippen molar-refractivity contribution < 1.29 is 4.79 Å². The van der Waals surface area contributed by atoms with Gasteiger partial charge in [0.15, 0.2) is 5.96 Å². The Balaban J connectivity index is 1.52. The number of guanidine groups is 1. The molecule has 0 spiro atoms. The number of carbonyl (C=O) groups excluding carboxylic acids is 1. The predicted octanol–water partition coefficient (Wildman–Crippen LogP) is 1.15. The predicted molar refractivity (Wildman–Crippen MR) is 84.6 cm³/mol. The van der Waals surface area contributed by atoms with E-state index in [1.54, 1.807) is 7.05 Å². The third-order valence-electron chi connectivity index (χ3n) is 4.07. The Bertz CT molecular complexity index is 551. The van der Waals surface area contributed by atoms with Crippen LogP contribution in [0, 0.1) is 5.92 Å². The van der Waals surface area contributed by atoms with Crippen molar-refractivity contribution >= 4 is 17.6 Å². The van der Waals surface area contributed by atoms with Gasteiger partial charge < -0.3 is 15.5 Å². The summed E-state index contributed by atoms with van der Waals surface area (Å²) < 4.78 is 0. The number of amides is 1. The number of rotatable bonds is 4. The number of benzene rings is 1. The maximum absolute atomic E-state index is 12.4. The van der Waals surface area contributed by atoms with Gasteiger partial charge in [-0.3, -0.25) is 9.79 Å². The van der Waals surface area contributed by atoms with Crippen LogP contribution >= 0.6 is 0 Å². The average Bonchev–Trinajstić information content (AvgIpc) is 3.24. The number of hydrogen-bond acceptors (Lipinski definition) is 2. The number of nitrogens with one attached hydrogen (secondary N) is 2. The molecule has 3 rings (SSSR count). The summed E-state index contributed by atoms with van der Waals surface area (Å²) in [4.78, 5) is 18.4. The molecular weight excluding hydrogens is 264 g/mol. The number of anilines is 1. The zero-order valence-electron chi connectivity index (χ0n) is 12.4. The van der Waals surface area contributed by atoms with Gasteiger partial charge in [0.1, 0.15) is 0 Å². The highest BCUT2D eigenvalue weighted by molar-refractivity contribution is 5.98. The first-order valence-corrected chi connectivity index (χ1v) is 7.60. The van der Waals surface area contributed by atoms with Crippen molar-refractivity contribution in [1.82, 2.24) is 10.6 Å². The minimum absolute atomic E-state index is 0.0920. The average molecular weight is 286 g/mol. The lowest BCUT2D eigenvalue weighted by Gasteiger charge is -2.18. The number of aliphatic imine (C=N–C) groups is 1. The van der Waals surface area contributed by atoms with Crippen molar-refractivity contribution in [3.63, 3.8) is 0 Å². The van der Waals surface area contributed by atoms with Gasteiger partial charge in [0.05, 0.1) is 6.54 Å². The lowest BCUT2D eigenvalue weighted by Crippen LogP contribution is -2.44. The smallest absolute Gasteiger partial charge is 0.246 e. The quantitative estimate of drug-likeness (QED) is 0.645. The summed E-state index contributed by atoms with van der Waals surface area (Å²) in [6.07, 6.45) is 3.54. The van der Waals surface area contributed by atoms with E-state index < -0.39 is 0 Å². The van der Waals surface area contributed by atoms with Crippen molar-refractivity contribution in [3.8, 4) is 0 Å². The second-order valence-corrected chi connectivity index (χ2v) is 5.67. The Kier molecular flexibility index (Phi) is 4.08. The van der Waals surface area contributed by atoms with Gasteiger partial charge in [-0.05, 0) is 36.8 Å². The summed E-state index contributed by atoms with van der Waals surface area (Å²) in [5.41, 5.74) is 2.30. The van der Waals surface area contributed by atoms with E-state index in [2.05, 4.69) is 21.7 Å². The highest BCUT2D eigenvalue weighted by Gasteiger charge is 2.24. The molecule has 1 heterocycles. The Morgan fingerprint density at radius 2 is 2.14 bits per heavy atom. The molecule has 0 unspecified atom stereocenters. The molecule has 5 heteroatoms. The van der Waals surface area contributed by atoms with E-state index in [9.17, 15) is 4.79 Å². The Morgan fingerprint density at radius 1 is 1.33 bits per heavy atom. The van der Waals surface area contributed by atoms with Crippen molar-refractivity contribution in [2.75, 3.05) is 31.6 Å². The molecule has 1 amide bonds. The zero-order chi connectivity index (χ0) is 14.7. The molecule has 112 valence electrons. The topological polar surface area (TPSA) is 56.7 Å². The molecule has 1 saturated carbocycles. The summed E-state index contributed by atoms with van der Waals surface area (Å²) in [7, 11) is 1.73. The molecule has 2 aliphatic rings. The van der Waals surface area contributed by atoms with Gasteiger partial charge >= 0.3 is 0 Å². The molecule has 0 atom stereocenters. The molecule has 1 aromatic carbocycles. The second kappa shape index (κ2) is 6.16. The van der Waals surface area contributed by atoms with Crippen LogP contribution in [0.3, 0.4) is 0 Å². The van der Waals surface area contributed by atoms with Gasteiger partial charge in [-0.25, -0.2) is 0 Å². The molecule has 1 aliphatic heterocycles. The fourth-order valence-corrected chi connectivity index (χ4v) is 2.64. The van der Waals surface area contributed by atoms with Gasteiger partial charge in [0, 0.05) is 25.8 Å². The van der Waals surface area contributed by atoms with E-state index in [0.717, 1.165) is 31.1 Å². The number of fused-ring (bicyclic) bond motifs is 1. The summed E-state index contributed by atoms with van der Waals surface area (Å²) in [5, 5.41) is 6.37. The second-order valence-electron chi connectivity index (χ2n) is 5.67. The van der Waals surface area contributed by atoms with Crippen LogP contribution in [0.5, 0.6) is 0 Å². The third-order valence-corrected chi connectivity index (χ3v) is 4.07. The first-order valence-electron chi connectivity index (χ1n) is 7.60. The molecule has 1 aromatic rings.